The maximum atomic E-state index is 11.9. The van der Waals surface area contributed by atoms with Crippen LogP contribution < -0.4 is 4.74 Å². The van der Waals surface area contributed by atoms with Crippen molar-refractivity contribution in [3.63, 3.8) is 0 Å². The fourth-order valence-corrected chi connectivity index (χ4v) is 1.42. The predicted molar refractivity (Wildman–Crippen MR) is 59.3 cm³/mol. The summed E-state index contributed by atoms with van der Waals surface area (Å²) in [5, 5.41) is 7.81. The summed E-state index contributed by atoms with van der Waals surface area (Å²) < 4.78 is 30.9. The number of nitrogens with zero attached hydrogens (tertiary/aromatic N) is 3. The molecule has 0 aliphatic heterocycles. The van der Waals surface area contributed by atoms with Crippen LogP contribution in [0.3, 0.4) is 0 Å². The SMILES string of the molecule is [2H]C([2H])([2H])Oc1cccc(-n2nccn2)c1C(=O)OC. The van der Waals surface area contributed by atoms with Crippen LogP contribution >= 0.6 is 0 Å². The first-order chi connectivity index (χ1) is 9.42. The van der Waals surface area contributed by atoms with Gasteiger partial charge in [0.05, 0.1) is 30.7 Å². The van der Waals surface area contributed by atoms with E-state index in [9.17, 15) is 4.79 Å². The van der Waals surface area contributed by atoms with E-state index in [4.69, 9.17) is 8.85 Å². The van der Waals surface area contributed by atoms with E-state index < -0.39 is 13.0 Å². The van der Waals surface area contributed by atoms with Crippen LogP contribution in [0.15, 0.2) is 30.6 Å². The summed E-state index contributed by atoms with van der Waals surface area (Å²) in [6.07, 6.45) is 2.86. The zero-order valence-electron chi connectivity index (χ0n) is 12.0. The highest BCUT2D eigenvalue weighted by atomic mass is 16.5. The first kappa shape index (κ1) is 7.83. The second-order valence-corrected chi connectivity index (χ2v) is 3.06. The molecule has 0 aliphatic rings. The van der Waals surface area contributed by atoms with Crippen LogP contribution in [0.4, 0.5) is 0 Å². The largest absolute Gasteiger partial charge is 0.496 e. The van der Waals surface area contributed by atoms with Crippen LogP contribution in [0, 0.1) is 0 Å². The van der Waals surface area contributed by atoms with Crippen molar-refractivity contribution in [2.75, 3.05) is 14.1 Å². The first-order valence-electron chi connectivity index (χ1n) is 6.19. The van der Waals surface area contributed by atoms with E-state index in [1.54, 1.807) is 6.07 Å². The Morgan fingerprint density at radius 3 is 2.82 bits per heavy atom. The number of benzene rings is 1. The maximum Gasteiger partial charge on any atom is 0.343 e. The molecule has 88 valence electrons. The minimum absolute atomic E-state index is 0.0534. The monoisotopic (exact) mass is 236 g/mol. The van der Waals surface area contributed by atoms with Gasteiger partial charge in [-0.25, -0.2) is 4.79 Å². The van der Waals surface area contributed by atoms with Crippen molar-refractivity contribution in [3.8, 4) is 11.4 Å². The van der Waals surface area contributed by atoms with E-state index in [1.165, 1.54) is 36.4 Å². The topological polar surface area (TPSA) is 66.2 Å². The lowest BCUT2D eigenvalue weighted by Crippen LogP contribution is -2.11. The van der Waals surface area contributed by atoms with Crippen LogP contribution in [0.25, 0.3) is 5.69 Å². The molecule has 0 saturated heterocycles. The fourth-order valence-electron chi connectivity index (χ4n) is 1.42. The number of rotatable bonds is 3. The third-order valence-electron chi connectivity index (χ3n) is 2.14. The maximum absolute atomic E-state index is 11.9. The number of carbonyl (C=O) groups excluding carboxylic acids is 1. The van der Waals surface area contributed by atoms with Gasteiger partial charge < -0.3 is 9.47 Å². The smallest absolute Gasteiger partial charge is 0.343 e. The van der Waals surface area contributed by atoms with Crippen LogP contribution in [0.2, 0.25) is 0 Å². The first-order valence-corrected chi connectivity index (χ1v) is 4.69. The van der Waals surface area contributed by atoms with E-state index >= 15 is 0 Å². The molecule has 0 radical (unpaired) electrons. The Labute approximate surface area is 102 Å². The molecule has 0 N–H and O–H groups in total. The average Bonchev–Trinajstić information content (AvgIpc) is 2.89. The van der Waals surface area contributed by atoms with Gasteiger partial charge in [0.25, 0.3) is 0 Å². The molecular weight excluding hydrogens is 222 g/mol. The molecule has 0 aliphatic carbocycles. The molecular formula is C11H11N3O3. The normalized spacial score (nSPS) is 13.4. The molecule has 2 rings (SSSR count). The minimum atomic E-state index is -2.68. The summed E-state index contributed by atoms with van der Waals surface area (Å²) in [7, 11) is -1.49. The van der Waals surface area contributed by atoms with Gasteiger partial charge in [0, 0.05) is 0 Å². The van der Waals surface area contributed by atoms with Crippen molar-refractivity contribution in [1.82, 2.24) is 15.0 Å². The summed E-state index contributed by atoms with van der Waals surface area (Å²) in [5.74, 6) is -0.858. The molecule has 0 bridgehead atoms. The third-order valence-corrected chi connectivity index (χ3v) is 2.14. The summed E-state index contributed by atoms with van der Waals surface area (Å²) in [5.41, 5.74) is 0.214. The van der Waals surface area contributed by atoms with Crippen molar-refractivity contribution in [3.05, 3.63) is 36.2 Å². The number of hydrogen-bond acceptors (Lipinski definition) is 5. The molecule has 0 fully saturated rings. The molecule has 1 aromatic heterocycles. The zero-order chi connectivity index (χ0) is 14.8. The molecule has 6 heteroatoms. The van der Waals surface area contributed by atoms with Crippen LogP contribution in [-0.2, 0) is 4.74 Å². The molecule has 1 heterocycles. The van der Waals surface area contributed by atoms with E-state index in [1.807, 2.05) is 0 Å². The second kappa shape index (κ2) is 4.65. The number of carbonyl (C=O) groups is 1. The minimum Gasteiger partial charge on any atom is -0.496 e. The molecule has 0 amide bonds. The molecule has 2 aromatic rings. The van der Waals surface area contributed by atoms with Gasteiger partial charge >= 0.3 is 5.97 Å². The molecule has 0 unspecified atom stereocenters. The predicted octanol–water partition coefficient (Wildman–Crippen LogP) is 1.06. The van der Waals surface area contributed by atoms with E-state index in [0.29, 0.717) is 0 Å². The van der Waals surface area contributed by atoms with Crippen molar-refractivity contribution in [1.29, 1.82) is 0 Å². The molecule has 1 aromatic carbocycles. The van der Waals surface area contributed by atoms with Gasteiger partial charge in [0.15, 0.2) is 0 Å². The van der Waals surface area contributed by atoms with E-state index in [0.717, 1.165) is 0 Å². The van der Waals surface area contributed by atoms with Crippen molar-refractivity contribution in [2.24, 2.45) is 0 Å². The van der Waals surface area contributed by atoms with Gasteiger partial charge in [0.2, 0.25) is 0 Å². The van der Waals surface area contributed by atoms with Crippen molar-refractivity contribution >= 4 is 5.97 Å². The summed E-state index contributed by atoms with van der Waals surface area (Å²) in [6.45, 7) is 0. The third kappa shape index (κ3) is 1.96. The van der Waals surface area contributed by atoms with Gasteiger partial charge in [-0.3, -0.25) is 0 Å². The Kier molecular flexibility index (Phi) is 2.14. The van der Waals surface area contributed by atoms with Crippen LogP contribution in [-0.4, -0.2) is 35.1 Å². The molecule has 6 nitrogen and oxygen atoms in total. The summed E-state index contributed by atoms with van der Waals surface area (Å²) in [6, 6.07) is 4.45. The Morgan fingerprint density at radius 2 is 2.18 bits per heavy atom. The molecule has 0 saturated carbocycles. The summed E-state index contributed by atoms with van der Waals surface area (Å²) >= 11 is 0. The Hall–Kier alpha value is -2.37. The summed E-state index contributed by atoms with van der Waals surface area (Å²) in [4.78, 5) is 13.1. The van der Waals surface area contributed by atoms with Gasteiger partial charge in [-0.2, -0.15) is 15.0 Å². The molecule has 17 heavy (non-hydrogen) atoms. The number of esters is 1. The van der Waals surface area contributed by atoms with Crippen LogP contribution in [0.1, 0.15) is 14.5 Å². The van der Waals surface area contributed by atoms with Crippen molar-refractivity contribution < 1.29 is 18.4 Å². The Bertz CT molecular complexity index is 611. The van der Waals surface area contributed by atoms with Gasteiger partial charge in [0.1, 0.15) is 17.0 Å². The highest BCUT2D eigenvalue weighted by Gasteiger charge is 2.19. The Balaban J connectivity index is 2.58. The van der Waals surface area contributed by atoms with E-state index in [2.05, 4.69) is 14.9 Å². The second-order valence-electron chi connectivity index (χ2n) is 3.06. The van der Waals surface area contributed by atoms with Gasteiger partial charge in [-0.1, -0.05) is 6.07 Å². The fraction of sp³-hybridized carbons (Fsp3) is 0.182. The van der Waals surface area contributed by atoms with Crippen molar-refractivity contribution in [2.45, 2.75) is 0 Å². The quantitative estimate of drug-likeness (QED) is 0.745. The van der Waals surface area contributed by atoms with Gasteiger partial charge in [-0.15, -0.1) is 0 Å². The van der Waals surface area contributed by atoms with E-state index in [-0.39, 0.29) is 17.0 Å². The number of methoxy groups -OCH3 is 2. The highest BCUT2D eigenvalue weighted by Crippen LogP contribution is 2.25. The number of aromatic nitrogens is 3. The molecule has 0 atom stereocenters. The highest BCUT2D eigenvalue weighted by molar-refractivity contribution is 5.96. The lowest BCUT2D eigenvalue weighted by atomic mass is 10.1. The van der Waals surface area contributed by atoms with Gasteiger partial charge in [-0.05, 0) is 12.1 Å². The standard InChI is InChI=1S/C11H11N3O3/c1-16-9-5-3-4-8(10(9)11(15)17-2)14-12-6-7-13-14/h3-7H,1-2H3/i1D3. The lowest BCUT2D eigenvalue weighted by molar-refractivity contribution is 0.0596. The zero-order valence-corrected chi connectivity index (χ0v) is 8.95. The molecule has 0 spiro atoms. The average molecular weight is 236 g/mol. The lowest BCUT2D eigenvalue weighted by Gasteiger charge is -2.10. The van der Waals surface area contributed by atoms with Crippen LogP contribution in [0.5, 0.6) is 5.75 Å². The Morgan fingerprint density at radius 1 is 1.41 bits per heavy atom. The number of ether oxygens (including phenoxy) is 2. The number of hydrogen-bond donors (Lipinski definition) is 0.